The average molecular weight is 466 g/mol. The minimum absolute atomic E-state index is 0.0305. The zero-order valence-corrected chi connectivity index (χ0v) is 18.9. The Balaban J connectivity index is 1.46. The van der Waals surface area contributed by atoms with Gasteiger partial charge in [-0.1, -0.05) is 6.07 Å². The second-order valence-electron chi connectivity index (χ2n) is 7.96. The number of aromatic nitrogens is 4. The second kappa shape index (κ2) is 8.53. The van der Waals surface area contributed by atoms with E-state index >= 15 is 0 Å². The molecule has 2 aliphatic heterocycles. The van der Waals surface area contributed by atoms with Gasteiger partial charge in [-0.05, 0) is 42.7 Å². The summed E-state index contributed by atoms with van der Waals surface area (Å²) in [4.78, 5) is 9.52. The van der Waals surface area contributed by atoms with Crippen LogP contribution >= 0.6 is 11.5 Å². The third kappa shape index (κ3) is 3.96. The van der Waals surface area contributed by atoms with E-state index in [9.17, 15) is 0 Å². The molecule has 0 saturated carbocycles. The molecule has 0 bridgehead atoms. The number of rotatable bonds is 5. The number of benzene rings is 1. The Morgan fingerprint density at radius 3 is 2.82 bits per heavy atom. The topological polar surface area (TPSA) is 92.6 Å². The maximum atomic E-state index is 6.44. The Labute approximate surface area is 194 Å². The van der Waals surface area contributed by atoms with E-state index in [2.05, 4.69) is 9.69 Å². The Morgan fingerprint density at radius 1 is 1.09 bits per heavy atom. The SMILES string of the molecule is Cc1cc(Nc2nc(OC3CCOCC3)c3c(ccn3-c3cccc4c3OCCO4)n2)sn1. The fourth-order valence-electron chi connectivity index (χ4n) is 4.08. The van der Waals surface area contributed by atoms with E-state index in [-0.39, 0.29) is 6.10 Å². The van der Waals surface area contributed by atoms with Crippen LogP contribution in [-0.4, -0.2) is 51.4 Å². The van der Waals surface area contributed by atoms with Crippen molar-refractivity contribution in [3.63, 3.8) is 0 Å². The molecule has 10 heteroatoms. The molecule has 0 atom stereocenters. The summed E-state index contributed by atoms with van der Waals surface area (Å²) >= 11 is 1.37. The molecule has 6 rings (SSSR count). The maximum Gasteiger partial charge on any atom is 0.244 e. The number of fused-ring (bicyclic) bond motifs is 2. The molecule has 0 spiro atoms. The Kier molecular flexibility index (Phi) is 5.23. The number of hydrogen-bond acceptors (Lipinski definition) is 9. The first-order chi connectivity index (χ1) is 16.2. The van der Waals surface area contributed by atoms with Crippen LogP contribution in [-0.2, 0) is 4.74 Å². The maximum absolute atomic E-state index is 6.44. The van der Waals surface area contributed by atoms with Gasteiger partial charge in [-0.25, -0.2) is 4.98 Å². The lowest BCUT2D eigenvalue weighted by Crippen LogP contribution is -2.26. The summed E-state index contributed by atoms with van der Waals surface area (Å²) in [5.74, 6) is 2.43. The van der Waals surface area contributed by atoms with Crippen molar-refractivity contribution in [3.05, 3.63) is 42.2 Å². The van der Waals surface area contributed by atoms with Crippen molar-refractivity contribution in [2.24, 2.45) is 0 Å². The fraction of sp³-hybridized carbons (Fsp3) is 0.348. The van der Waals surface area contributed by atoms with E-state index < -0.39 is 0 Å². The molecule has 1 N–H and O–H groups in total. The lowest BCUT2D eigenvalue weighted by molar-refractivity contribution is 0.0243. The summed E-state index contributed by atoms with van der Waals surface area (Å²) in [5, 5.41) is 4.15. The molecule has 4 aromatic rings. The molecule has 0 unspecified atom stereocenters. The molecule has 0 amide bonds. The van der Waals surface area contributed by atoms with Crippen molar-refractivity contribution in [2.75, 3.05) is 31.7 Å². The van der Waals surface area contributed by atoms with Crippen LogP contribution in [0.2, 0.25) is 0 Å². The number of hydrogen-bond donors (Lipinski definition) is 1. The van der Waals surface area contributed by atoms with Crippen LogP contribution in [0.3, 0.4) is 0 Å². The van der Waals surface area contributed by atoms with Gasteiger partial charge in [0.25, 0.3) is 0 Å². The predicted octanol–water partition coefficient (Wildman–Crippen LogP) is 4.26. The zero-order valence-electron chi connectivity index (χ0n) is 18.1. The van der Waals surface area contributed by atoms with E-state index in [4.69, 9.17) is 28.9 Å². The first-order valence-electron chi connectivity index (χ1n) is 11.0. The second-order valence-corrected chi connectivity index (χ2v) is 8.77. The summed E-state index contributed by atoms with van der Waals surface area (Å²) in [5.41, 5.74) is 3.37. The Hall–Kier alpha value is -3.37. The van der Waals surface area contributed by atoms with Crippen LogP contribution in [0.5, 0.6) is 17.4 Å². The van der Waals surface area contributed by atoms with E-state index in [1.54, 1.807) is 0 Å². The molecule has 170 valence electrons. The van der Waals surface area contributed by atoms with Gasteiger partial charge in [0.2, 0.25) is 11.8 Å². The summed E-state index contributed by atoms with van der Waals surface area (Å²) in [7, 11) is 0. The average Bonchev–Trinajstić information content (AvgIpc) is 3.45. The van der Waals surface area contributed by atoms with Gasteiger partial charge in [0.1, 0.15) is 29.8 Å². The van der Waals surface area contributed by atoms with Gasteiger partial charge in [-0.2, -0.15) is 9.36 Å². The largest absolute Gasteiger partial charge is 0.486 e. The molecule has 33 heavy (non-hydrogen) atoms. The molecule has 1 saturated heterocycles. The highest BCUT2D eigenvalue weighted by Gasteiger charge is 2.24. The number of aryl methyl sites for hydroxylation is 1. The normalized spacial score (nSPS) is 16.2. The van der Waals surface area contributed by atoms with Crippen LogP contribution in [0.1, 0.15) is 18.5 Å². The van der Waals surface area contributed by atoms with Crippen molar-refractivity contribution in [1.82, 2.24) is 18.9 Å². The minimum Gasteiger partial charge on any atom is -0.486 e. The summed E-state index contributed by atoms with van der Waals surface area (Å²) in [6, 6.07) is 9.79. The van der Waals surface area contributed by atoms with E-state index in [0.717, 1.165) is 46.0 Å². The number of ether oxygens (including phenoxy) is 4. The zero-order chi connectivity index (χ0) is 22.2. The van der Waals surface area contributed by atoms with Crippen molar-refractivity contribution >= 4 is 33.5 Å². The molecule has 1 aromatic carbocycles. The first kappa shape index (κ1) is 20.3. The highest BCUT2D eigenvalue weighted by molar-refractivity contribution is 7.10. The quantitative estimate of drug-likeness (QED) is 0.467. The molecule has 9 nitrogen and oxygen atoms in total. The van der Waals surface area contributed by atoms with Crippen LogP contribution in [0.25, 0.3) is 16.7 Å². The van der Waals surface area contributed by atoms with E-state index in [1.165, 1.54) is 11.5 Å². The third-order valence-electron chi connectivity index (χ3n) is 5.62. The van der Waals surface area contributed by atoms with Crippen molar-refractivity contribution in [2.45, 2.75) is 25.9 Å². The van der Waals surface area contributed by atoms with E-state index in [0.29, 0.717) is 44.0 Å². The Bertz CT molecular complexity index is 1300. The van der Waals surface area contributed by atoms with Gasteiger partial charge >= 0.3 is 0 Å². The summed E-state index contributed by atoms with van der Waals surface area (Å²) < 4.78 is 30.0. The van der Waals surface area contributed by atoms with Gasteiger partial charge in [0.05, 0.1) is 30.1 Å². The van der Waals surface area contributed by atoms with Gasteiger partial charge in [-0.3, -0.25) is 0 Å². The molecular formula is C23H23N5O4S. The summed E-state index contributed by atoms with van der Waals surface area (Å²) in [6.45, 7) is 4.37. The molecule has 5 heterocycles. The minimum atomic E-state index is 0.0305. The standard InChI is InChI=1S/C23H23N5O4S/c1-14-13-19(33-27-14)25-23-24-16-5-8-28(17-3-2-4-18-21(17)31-12-11-30-18)20(16)22(26-23)32-15-6-9-29-10-7-15/h2-5,8,13,15H,6-7,9-12H2,1H3,(H,24,25,26). The van der Waals surface area contributed by atoms with Crippen LogP contribution in [0.15, 0.2) is 36.5 Å². The van der Waals surface area contributed by atoms with Gasteiger partial charge in [-0.15, -0.1) is 0 Å². The molecular weight excluding hydrogens is 442 g/mol. The van der Waals surface area contributed by atoms with Crippen molar-refractivity contribution in [3.8, 4) is 23.1 Å². The van der Waals surface area contributed by atoms with Crippen molar-refractivity contribution in [1.29, 1.82) is 0 Å². The van der Waals surface area contributed by atoms with Crippen LogP contribution in [0.4, 0.5) is 10.9 Å². The highest BCUT2D eigenvalue weighted by Crippen LogP contribution is 2.39. The number of anilines is 2. The number of nitrogens with zero attached hydrogens (tertiary/aromatic N) is 4. The lowest BCUT2D eigenvalue weighted by atomic mass is 10.1. The molecule has 0 aliphatic carbocycles. The number of nitrogens with one attached hydrogen (secondary N) is 1. The predicted molar refractivity (Wildman–Crippen MR) is 124 cm³/mol. The van der Waals surface area contributed by atoms with Crippen LogP contribution < -0.4 is 19.5 Å². The van der Waals surface area contributed by atoms with E-state index in [1.807, 2.05) is 48.0 Å². The van der Waals surface area contributed by atoms with Gasteiger partial charge < -0.3 is 28.8 Å². The molecule has 1 fully saturated rings. The highest BCUT2D eigenvalue weighted by atomic mass is 32.1. The Morgan fingerprint density at radius 2 is 1.97 bits per heavy atom. The monoisotopic (exact) mass is 465 g/mol. The third-order valence-corrected chi connectivity index (χ3v) is 6.41. The fourth-order valence-corrected chi connectivity index (χ4v) is 4.74. The smallest absolute Gasteiger partial charge is 0.244 e. The number of para-hydroxylation sites is 1. The van der Waals surface area contributed by atoms with Gasteiger partial charge in [0, 0.05) is 19.0 Å². The van der Waals surface area contributed by atoms with Crippen molar-refractivity contribution < 1.29 is 18.9 Å². The molecule has 2 aliphatic rings. The lowest BCUT2D eigenvalue weighted by Gasteiger charge is -2.24. The molecule has 0 radical (unpaired) electrons. The molecule has 3 aromatic heterocycles. The van der Waals surface area contributed by atoms with Crippen LogP contribution in [0, 0.1) is 6.92 Å². The first-order valence-corrected chi connectivity index (χ1v) is 11.7. The summed E-state index contributed by atoms with van der Waals surface area (Å²) in [6.07, 6.45) is 3.63. The van der Waals surface area contributed by atoms with Gasteiger partial charge in [0.15, 0.2) is 11.5 Å².